The summed E-state index contributed by atoms with van der Waals surface area (Å²) >= 11 is 12.7. The highest BCUT2D eigenvalue weighted by atomic mass is 35.5. The van der Waals surface area contributed by atoms with E-state index in [0.717, 1.165) is 18.9 Å². The maximum absolute atomic E-state index is 14.5. The third-order valence-electron chi connectivity index (χ3n) is 6.61. The average Bonchev–Trinajstić information content (AvgIpc) is 3.72. The van der Waals surface area contributed by atoms with Gasteiger partial charge >= 0.3 is 12.6 Å². The summed E-state index contributed by atoms with van der Waals surface area (Å²) in [4.78, 5) is 41.5. The fourth-order valence-corrected chi connectivity index (χ4v) is 4.93. The molecule has 1 aliphatic heterocycles. The standard InChI is InChI=1S/C28H21Cl2F3N2O6/c29-18-10-34-11-19(30)17(18)9-22(15-6-7-21(41-28(32)33)23(8-15)39-13-14-4-5-14)40-24(36)12-35-25-16(26(37)27(35)38)2-1-3-20(25)31/h1-3,6-8,10-11,14,22,28H,4-5,9,12-13H2/p+1/t22-/m0/s1. The number of aromatic amines is 1. The quantitative estimate of drug-likeness (QED) is 0.213. The second-order valence-corrected chi connectivity index (χ2v) is 10.3. The lowest BCUT2D eigenvalue weighted by Crippen LogP contribution is -2.36. The second-order valence-electron chi connectivity index (χ2n) is 9.51. The van der Waals surface area contributed by atoms with Crippen molar-refractivity contribution in [3.63, 3.8) is 0 Å². The Morgan fingerprint density at radius 1 is 1.07 bits per heavy atom. The molecule has 8 nitrogen and oxygen atoms in total. The molecule has 1 saturated carbocycles. The number of para-hydroxylation sites is 1. The lowest BCUT2D eigenvalue weighted by Gasteiger charge is -2.23. The van der Waals surface area contributed by atoms with Gasteiger partial charge in [-0.05, 0) is 48.6 Å². The van der Waals surface area contributed by atoms with Crippen LogP contribution in [0.4, 0.5) is 18.9 Å². The highest BCUT2D eigenvalue weighted by Gasteiger charge is 2.39. The van der Waals surface area contributed by atoms with Crippen molar-refractivity contribution in [3.8, 4) is 11.5 Å². The topological polar surface area (TPSA) is 96.3 Å². The molecule has 13 heteroatoms. The molecule has 214 valence electrons. The number of hydrogen-bond donors (Lipinski definition) is 0. The van der Waals surface area contributed by atoms with E-state index in [1.807, 2.05) is 0 Å². The minimum Gasteiger partial charge on any atom is -0.489 e. The molecule has 1 atom stereocenters. The number of rotatable bonds is 11. The van der Waals surface area contributed by atoms with E-state index in [2.05, 4.69) is 9.72 Å². The second kappa shape index (κ2) is 12.0. The zero-order valence-corrected chi connectivity index (χ0v) is 22.7. The number of alkyl halides is 2. The number of ether oxygens (including phenoxy) is 3. The van der Waals surface area contributed by atoms with Gasteiger partial charge in [0.25, 0.3) is 11.7 Å². The van der Waals surface area contributed by atoms with Crippen LogP contribution in [0.25, 0.3) is 0 Å². The lowest BCUT2D eigenvalue weighted by molar-refractivity contribution is -0.377. The summed E-state index contributed by atoms with van der Waals surface area (Å²) in [6.45, 7) is -3.58. The Hall–Kier alpha value is -3.83. The van der Waals surface area contributed by atoms with Gasteiger partial charge in [-0.15, -0.1) is 0 Å². The molecule has 0 radical (unpaired) electrons. The van der Waals surface area contributed by atoms with E-state index in [1.54, 1.807) is 0 Å². The fraction of sp³-hybridized carbons (Fsp3) is 0.286. The van der Waals surface area contributed by atoms with E-state index in [9.17, 15) is 27.6 Å². The first-order chi connectivity index (χ1) is 19.6. The first kappa shape index (κ1) is 28.7. The number of carbonyl (C=O) groups excluding carboxylic acids is 3. The summed E-state index contributed by atoms with van der Waals surface area (Å²) in [5.41, 5.74) is 0.249. The molecular formula is C28H22Cl2F3N2O6+. The normalized spacial score (nSPS) is 15.2. The number of halogens is 5. The van der Waals surface area contributed by atoms with Crippen LogP contribution in [-0.4, -0.2) is 37.4 Å². The van der Waals surface area contributed by atoms with Crippen molar-refractivity contribution in [1.82, 2.24) is 0 Å². The highest BCUT2D eigenvalue weighted by Crippen LogP contribution is 2.38. The smallest absolute Gasteiger partial charge is 0.387 e. The van der Waals surface area contributed by atoms with Crippen LogP contribution in [-0.2, 0) is 20.7 Å². The molecule has 0 unspecified atom stereocenters. The van der Waals surface area contributed by atoms with Crippen molar-refractivity contribution < 1.29 is 46.7 Å². The van der Waals surface area contributed by atoms with Gasteiger partial charge in [0.05, 0.1) is 17.9 Å². The summed E-state index contributed by atoms with van der Waals surface area (Å²) in [5.74, 6) is -3.73. The van der Waals surface area contributed by atoms with Crippen molar-refractivity contribution in [1.29, 1.82) is 0 Å². The largest absolute Gasteiger partial charge is 0.489 e. The Kier molecular flexibility index (Phi) is 8.37. The molecule has 1 aromatic heterocycles. The monoisotopic (exact) mass is 609 g/mol. The number of amides is 1. The van der Waals surface area contributed by atoms with Crippen molar-refractivity contribution in [2.75, 3.05) is 18.1 Å². The van der Waals surface area contributed by atoms with Gasteiger partial charge in [0.2, 0.25) is 0 Å². The van der Waals surface area contributed by atoms with Crippen LogP contribution >= 0.6 is 23.2 Å². The number of esters is 1. The van der Waals surface area contributed by atoms with Crippen LogP contribution in [0, 0.1) is 11.7 Å². The number of anilines is 1. The number of hydrogen-bond acceptors (Lipinski definition) is 6. The molecular weight excluding hydrogens is 588 g/mol. The molecule has 1 N–H and O–H groups in total. The zero-order chi connectivity index (χ0) is 29.3. The predicted molar refractivity (Wildman–Crippen MR) is 140 cm³/mol. The number of carbonyl (C=O) groups is 3. The van der Waals surface area contributed by atoms with Crippen LogP contribution in [0.3, 0.4) is 0 Å². The van der Waals surface area contributed by atoms with E-state index >= 15 is 0 Å². The number of ketones is 1. The molecule has 5 rings (SSSR count). The third kappa shape index (κ3) is 6.41. The van der Waals surface area contributed by atoms with Gasteiger partial charge in [-0.25, -0.2) is 9.37 Å². The SMILES string of the molecule is O=C(CN1C(=O)C(=O)c2cccc(F)c21)O[C@@H](Cc1c(Cl)c[nH+]cc1Cl)c1ccc(OC(F)F)c(OCC2CC2)c1. The molecule has 1 fully saturated rings. The molecule has 3 aromatic rings. The van der Waals surface area contributed by atoms with Gasteiger partial charge in [0, 0.05) is 12.0 Å². The number of pyridine rings is 1. The lowest BCUT2D eigenvalue weighted by atomic mass is 10.0. The Bertz CT molecular complexity index is 1500. The highest BCUT2D eigenvalue weighted by molar-refractivity contribution is 6.52. The summed E-state index contributed by atoms with van der Waals surface area (Å²) in [5, 5.41) is 0.468. The summed E-state index contributed by atoms with van der Waals surface area (Å²) in [6, 6.07) is 7.72. The summed E-state index contributed by atoms with van der Waals surface area (Å²) in [6.07, 6.45) is 3.67. The van der Waals surface area contributed by atoms with Gasteiger partial charge in [-0.3, -0.25) is 19.3 Å². The van der Waals surface area contributed by atoms with Gasteiger partial charge in [-0.1, -0.05) is 35.3 Å². The molecule has 0 saturated heterocycles. The maximum atomic E-state index is 14.5. The minimum absolute atomic E-state index is 0.0191. The van der Waals surface area contributed by atoms with E-state index in [1.165, 1.54) is 42.7 Å². The molecule has 2 aromatic carbocycles. The van der Waals surface area contributed by atoms with Crippen molar-refractivity contribution in [2.45, 2.75) is 32.0 Å². The van der Waals surface area contributed by atoms with Gasteiger partial charge < -0.3 is 14.2 Å². The summed E-state index contributed by atoms with van der Waals surface area (Å²) < 4.78 is 56.7. The molecule has 1 amide bonds. The van der Waals surface area contributed by atoms with Crippen LogP contribution in [0.5, 0.6) is 11.5 Å². The Morgan fingerprint density at radius 2 is 1.80 bits per heavy atom. The molecule has 2 heterocycles. The van der Waals surface area contributed by atoms with Crippen LogP contribution in [0.2, 0.25) is 10.0 Å². The number of nitrogens with zero attached hydrogens (tertiary/aromatic N) is 1. The number of nitrogens with one attached hydrogen (secondary N) is 1. The molecule has 1 aliphatic carbocycles. The Morgan fingerprint density at radius 3 is 2.49 bits per heavy atom. The van der Waals surface area contributed by atoms with Gasteiger partial charge in [0.1, 0.15) is 28.5 Å². The number of H-pyrrole nitrogens is 1. The van der Waals surface area contributed by atoms with Crippen molar-refractivity contribution >= 4 is 46.5 Å². The Balaban J connectivity index is 1.45. The summed E-state index contributed by atoms with van der Waals surface area (Å²) in [7, 11) is 0. The first-order valence-electron chi connectivity index (χ1n) is 12.5. The van der Waals surface area contributed by atoms with Gasteiger partial charge in [0.15, 0.2) is 23.9 Å². The number of benzene rings is 2. The van der Waals surface area contributed by atoms with Crippen molar-refractivity contribution in [2.24, 2.45) is 5.92 Å². The van der Waals surface area contributed by atoms with Crippen LogP contribution < -0.4 is 19.4 Å². The van der Waals surface area contributed by atoms with Gasteiger partial charge in [-0.2, -0.15) is 8.78 Å². The average molecular weight is 610 g/mol. The first-order valence-corrected chi connectivity index (χ1v) is 13.3. The fourth-order valence-electron chi connectivity index (χ4n) is 4.40. The minimum atomic E-state index is -3.10. The van der Waals surface area contributed by atoms with E-state index < -0.39 is 42.7 Å². The van der Waals surface area contributed by atoms with Crippen molar-refractivity contribution in [3.05, 3.63) is 81.3 Å². The zero-order valence-electron chi connectivity index (χ0n) is 21.2. The molecule has 0 bridgehead atoms. The third-order valence-corrected chi connectivity index (χ3v) is 7.29. The van der Waals surface area contributed by atoms with E-state index in [0.29, 0.717) is 21.9 Å². The number of aromatic nitrogens is 1. The molecule has 41 heavy (non-hydrogen) atoms. The van der Waals surface area contributed by atoms with E-state index in [4.69, 9.17) is 32.7 Å². The number of fused-ring (bicyclic) bond motifs is 1. The Labute approximate surface area is 241 Å². The molecule has 0 spiro atoms. The van der Waals surface area contributed by atoms with E-state index in [-0.39, 0.29) is 45.8 Å². The van der Waals surface area contributed by atoms with Crippen LogP contribution in [0.15, 0.2) is 48.8 Å². The van der Waals surface area contributed by atoms with Crippen LogP contribution in [0.1, 0.15) is 40.4 Å². The number of Topliss-reactive ketones (excluding diaryl/α,β-unsaturated/α-hetero) is 1. The molecule has 2 aliphatic rings. The predicted octanol–water partition coefficient (Wildman–Crippen LogP) is 5.39. The maximum Gasteiger partial charge on any atom is 0.387 e.